The van der Waals surface area contributed by atoms with Crippen LogP contribution in [0.4, 0.5) is 0 Å². The lowest BCUT2D eigenvalue weighted by molar-refractivity contribution is -0.135. The van der Waals surface area contributed by atoms with Crippen LogP contribution in [-0.2, 0) is 4.79 Å². The number of carbonyl (C=O) groups is 2. The van der Waals surface area contributed by atoms with Gasteiger partial charge in [-0.25, -0.2) is 0 Å². The number of aliphatic hydroxyl groups is 2. The summed E-state index contributed by atoms with van der Waals surface area (Å²) < 4.78 is 0. The van der Waals surface area contributed by atoms with Gasteiger partial charge in [-0.1, -0.05) is 18.2 Å². The Morgan fingerprint density at radius 2 is 1.89 bits per heavy atom. The molecule has 0 radical (unpaired) electrons. The molecule has 2 atom stereocenters. The molecule has 1 aromatic carbocycles. The number of aliphatic hydroxyl groups excluding tert-OH is 2. The molecule has 1 rings (SSSR count). The molecule has 1 aromatic rings. The van der Waals surface area contributed by atoms with E-state index in [2.05, 4.69) is 5.32 Å². The maximum Gasteiger partial charge on any atom is 0.322 e. The van der Waals surface area contributed by atoms with Gasteiger partial charge in [0, 0.05) is 5.56 Å². The Hall–Kier alpha value is -1.63. The van der Waals surface area contributed by atoms with Crippen LogP contribution >= 0.6 is 11.6 Å². The first-order valence-corrected chi connectivity index (χ1v) is 6.01. The van der Waals surface area contributed by atoms with Crippen LogP contribution in [0.2, 0.25) is 0 Å². The number of carbonyl (C=O) groups excluding carboxylic acids is 1. The third-order valence-electron chi connectivity index (χ3n) is 2.45. The van der Waals surface area contributed by atoms with Crippen molar-refractivity contribution < 1.29 is 24.9 Å². The first kappa shape index (κ1) is 15.4. The Morgan fingerprint density at radius 3 is 2.47 bits per heavy atom. The number of amides is 1. The maximum absolute atomic E-state index is 11.8. The molecule has 7 heteroatoms. The van der Waals surface area contributed by atoms with Gasteiger partial charge in [0.1, 0.15) is 12.6 Å². The lowest BCUT2D eigenvalue weighted by Gasteiger charge is -2.18. The Kier molecular flexibility index (Phi) is 5.75. The van der Waals surface area contributed by atoms with E-state index in [-0.39, 0.29) is 17.0 Å². The molecule has 0 saturated heterocycles. The van der Waals surface area contributed by atoms with Crippen LogP contribution < -0.4 is 5.32 Å². The summed E-state index contributed by atoms with van der Waals surface area (Å²) in [5.41, 5.74) is 0.291. The molecule has 0 saturated carbocycles. The standard InChI is InChI=1S/C12H14ClNO5/c13-5-9(15)11(18)7-3-1-2-4-8(7)12(19)14-6-10(16)17/h1-4,9,11,15,18H,5-6H2,(H,14,19)(H,16,17). The summed E-state index contributed by atoms with van der Waals surface area (Å²) in [7, 11) is 0. The number of rotatable bonds is 6. The lowest BCUT2D eigenvalue weighted by atomic mass is 9.98. The molecule has 0 spiro atoms. The number of carboxylic acid groups (broad SMARTS) is 1. The number of halogens is 1. The van der Waals surface area contributed by atoms with Gasteiger partial charge in [-0.3, -0.25) is 9.59 Å². The van der Waals surface area contributed by atoms with Gasteiger partial charge < -0.3 is 20.6 Å². The number of nitrogens with one attached hydrogen (secondary N) is 1. The first-order valence-electron chi connectivity index (χ1n) is 5.48. The smallest absolute Gasteiger partial charge is 0.322 e. The third-order valence-corrected chi connectivity index (χ3v) is 2.76. The zero-order valence-corrected chi connectivity index (χ0v) is 10.7. The predicted octanol–water partition coefficient (Wildman–Crippen LogP) is 0.134. The maximum atomic E-state index is 11.8. The zero-order valence-electron chi connectivity index (χ0n) is 9.91. The van der Waals surface area contributed by atoms with Crippen molar-refractivity contribution in [3.05, 3.63) is 35.4 Å². The molecule has 6 nitrogen and oxygen atoms in total. The van der Waals surface area contributed by atoms with Gasteiger partial charge in [-0.15, -0.1) is 11.6 Å². The van der Waals surface area contributed by atoms with Crippen molar-refractivity contribution >= 4 is 23.5 Å². The molecule has 2 unspecified atom stereocenters. The molecule has 0 aliphatic rings. The largest absolute Gasteiger partial charge is 0.480 e. The highest BCUT2D eigenvalue weighted by Gasteiger charge is 2.22. The van der Waals surface area contributed by atoms with Gasteiger partial charge in [0.15, 0.2) is 0 Å². The molecule has 1 amide bonds. The summed E-state index contributed by atoms with van der Waals surface area (Å²) in [6.07, 6.45) is -2.53. The van der Waals surface area contributed by atoms with Crippen molar-refractivity contribution in [3.8, 4) is 0 Å². The van der Waals surface area contributed by atoms with Gasteiger partial charge in [-0.05, 0) is 11.6 Å². The number of alkyl halides is 1. The highest BCUT2D eigenvalue weighted by atomic mass is 35.5. The topological polar surface area (TPSA) is 107 Å². The van der Waals surface area contributed by atoms with Gasteiger partial charge >= 0.3 is 5.97 Å². The van der Waals surface area contributed by atoms with Gasteiger partial charge in [-0.2, -0.15) is 0 Å². The molecule has 0 aliphatic heterocycles. The minimum atomic E-state index is -1.32. The molecule has 104 valence electrons. The molecule has 0 aromatic heterocycles. The molecular weight excluding hydrogens is 274 g/mol. The van der Waals surface area contributed by atoms with E-state index in [4.69, 9.17) is 16.7 Å². The molecule has 0 fully saturated rings. The van der Waals surface area contributed by atoms with E-state index >= 15 is 0 Å². The SMILES string of the molecule is O=C(O)CNC(=O)c1ccccc1C(O)C(O)CCl. The van der Waals surface area contributed by atoms with E-state index in [0.717, 1.165) is 0 Å². The van der Waals surface area contributed by atoms with Crippen molar-refractivity contribution in [2.24, 2.45) is 0 Å². The van der Waals surface area contributed by atoms with Crippen molar-refractivity contribution in [2.45, 2.75) is 12.2 Å². The second kappa shape index (κ2) is 7.08. The fourth-order valence-corrected chi connectivity index (χ4v) is 1.67. The highest BCUT2D eigenvalue weighted by molar-refractivity contribution is 6.18. The Labute approximate surface area is 114 Å². The van der Waals surface area contributed by atoms with Crippen molar-refractivity contribution in [1.29, 1.82) is 0 Å². The normalized spacial score (nSPS) is 13.6. The predicted molar refractivity (Wildman–Crippen MR) is 68.1 cm³/mol. The van der Waals surface area contributed by atoms with E-state index in [1.54, 1.807) is 12.1 Å². The number of carboxylic acids is 1. The average molecular weight is 288 g/mol. The molecular formula is C12H14ClNO5. The number of hydrogen-bond donors (Lipinski definition) is 4. The fourth-order valence-electron chi connectivity index (χ4n) is 1.50. The summed E-state index contributed by atoms with van der Waals surface area (Å²) >= 11 is 5.44. The third kappa shape index (κ3) is 4.20. The summed E-state index contributed by atoms with van der Waals surface area (Å²) in [5, 5.41) is 30.0. The Balaban J connectivity index is 2.95. The summed E-state index contributed by atoms with van der Waals surface area (Å²) in [5.74, 6) is -2.00. The average Bonchev–Trinajstić information content (AvgIpc) is 2.42. The van der Waals surface area contributed by atoms with Crippen LogP contribution in [0.25, 0.3) is 0 Å². The first-order chi connectivity index (χ1) is 8.97. The molecule has 4 N–H and O–H groups in total. The van der Waals surface area contributed by atoms with E-state index in [9.17, 15) is 19.8 Å². The number of hydrogen-bond acceptors (Lipinski definition) is 4. The Bertz CT molecular complexity index is 465. The van der Waals surface area contributed by atoms with Crippen molar-refractivity contribution in [2.75, 3.05) is 12.4 Å². The molecule has 19 heavy (non-hydrogen) atoms. The van der Waals surface area contributed by atoms with Crippen LogP contribution in [0.5, 0.6) is 0 Å². The second-order valence-corrected chi connectivity index (χ2v) is 4.14. The molecule has 0 bridgehead atoms. The zero-order chi connectivity index (χ0) is 14.4. The minimum absolute atomic E-state index is 0.0976. The molecule has 0 aliphatic carbocycles. The fraction of sp³-hybridized carbons (Fsp3) is 0.333. The molecule has 0 heterocycles. The van der Waals surface area contributed by atoms with E-state index in [0.29, 0.717) is 0 Å². The van der Waals surface area contributed by atoms with Crippen LogP contribution in [0.1, 0.15) is 22.0 Å². The van der Waals surface area contributed by atoms with Gasteiger partial charge in [0.2, 0.25) is 0 Å². The van der Waals surface area contributed by atoms with E-state index in [1.165, 1.54) is 12.1 Å². The van der Waals surface area contributed by atoms with Crippen molar-refractivity contribution in [1.82, 2.24) is 5.32 Å². The van der Waals surface area contributed by atoms with Crippen molar-refractivity contribution in [3.63, 3.8) is 0 Å². The van der Waals surface area contributed by atoms with Crippen LogP contribution in [0.15, 0.2) is 24.3 Å². The lowest BCUT2D eigenvalue weighted by Crippen LogP contribution is -2.31. The Morgan fingerprint density at radius 1 is 1.26 bits per heavy atom. The van der Waals surface area contributed by atoms with Crippen LogP contribution in [0.3, 0.4) is 0 Å². The van der Waals surface area contributed by atoms with E-state index in [1.807, 2.05) is 0 Å². The summed E-state index contributed by atoms with van der Waals surface area (Å²) in [6.45, 7) is -0.526. The van der Waals surface area contributed by atoms with Gasteiger partial charge in [0.05, 0.1) is 12.0 Å². The summed E-state index contributed by atoms with van der Waals surface area (Å²) in [4.78, 5) is 22.2. The monoisotopic (exact) mass is 287 g/mol. The number of aliphatic carboxylic acids is 1. The second-order valence-electron chi connectivity index (χ2n) is 3.83. The highest BCUT2D eigenvalue weighted by Crippen LogP contribution is 2.21. The van der Waals surface area contributed by atoms with Crippen LogP contribution in [0, 0.1) is 0 Å². The number of benzene rings is 1. The van der Waals surface area contributed by atoms with Crippen LogP contribution in [-0.4, -0.2) is 45.7 Å². The van der Waals surface area contributed by atoms with E-state index < -0.39 is 30.6 Å². The quantitative estimate of drug-likeness (QED) is 0.557. The minimum Gasteiger partial charge on any atom is -0.480 e. The summed E-state index contributed by atoms with van der Waals surface area (Å²) in [6, 6.07) is 6.05. The van der Waals surface area contributed by atoms with Gasteiger partial charge in [0.25, 0.3) is 5.91 Å².